The van der Waals surface area contributed by atoms with Crippen LogP contribution in [0.3, 0.4) is 0 Å². The third-order valence-corrected chi connectivity index (χ3v) is 4.24. The molecule has 134 valence electrons. The molecule has 2 N–H and O–H groups in total. The molecule has 5 heteroatoms. The second-order valence-electron chi connectivity index (χ2n) is 5.54. The molecule has 0 bridgehead atoms. The van der Waals surface area contributed by atoms with Crippen molar-refractivity contribution in [3.05, 3.63) is 107 Å². The van der Waals surface area contributed by atoms with Gasteiger partial charge in [-0.1, -0.05) is 84.9 Å². The topological polar surface area (TPSA) is 64.2 Å². The Labute approximate surface area is 169 Å². The smallest absolute Gasteiger partial charge is 0.188 e. The van der Waals surface area contributed by atoms with Crippen LogP contribution in [0.25, 0.3) is 0 Å². The summed E-state index contributed by atoms with van der Waals surface area (Å²) in [5.41, 5.74) is 2.87. The number of aliphatic hydroxyl groups is 2. The summed E-state index contributed by atoms with van der Waals surface area (Å²) in [6, 6.07) is 28.0. The van der Waals surface area contributed by atoms with Crippen LogP contribution in [0.5, 0.6) is 0 Å². The number of nitriles is 1. The molecule has 0 saturated heterocycles. The van der Waals surface area contributed by atoms with Gasteiger partial charge in [-0.05, 0) is 35.6 Å². The fourth-order valence-electron chi connectivity index (χ4n) is 2.49. The Morgan fingerprint density at radius 1 is 0.741 bits per heavy atom. The molecule has 0 radical (unpaired) electrons. The molecule has 0 aliphatic heterocycles. The molecule has 0 fully saturated rings. The molecule has 3 aromatic carbocycles. The van der Waals surface area contributed by atoms with Crippen LogP contribution in [0.4, 0.5) is 0 Å². The van der Waals surface area contributed by atoms with Gasteiger partial charge in [0.15, 0.2) is 10.1 Å². The Morgan fingerprint density at radius 2 is 1.26 bits per heavy atom. The number of rotatable bonds is 4. The lowest BCUT2D eigenvalue weighted by atomic mass is 9.89. The van der Waals surface area contributed by atoms with Crippen LogP contribution in [-0.4, -0.2) is 20.3 Å². The SMILES string of the molecule is N#CC(c1ccccc1)c1ccccc1C(O)=S.OC(=S)c1ccccc1. The van der Waals surface area contributed by atoms with E-state index in [-0.39, 0.29) is 10.1 Å². The standard InChI is InChI=1S/C15H11NOS.C7H6OS/c16-10-14(11-6-2-1-3-7-11)12-8-4-5-9-13(12)15(17)18;8-7(9)6-4-2-1-3-5-6/h1-9,14H,(H,17,18);1-5H,(H,8,9). The van der Waals surface area contributed by atoms with Gasteiger partial charge in [0.2, 0.25) is 0 Å². The molecular weight excluding hydrogens is 374 g/mol. The Hall–Kier alpha value is -3.07. The van der Waals surface area contributed by atoms with Crippen LogP contribution in [0.1, 0.15) is 28.2 Å². The highest BCUT2D eigenvalue weighted by molar-refractivity contribution is 7.80. The van der Waals surface area contributed by atoms with Crippen LogP contribution in [0.2, 0.25) is 0 Å². The highest BCUT2D eigenvalue weighted by Gasteiger charge is 2.18. The predicted octanol–water partition coefficient (Wildman–Crippen LogP) is 5.50. The van der Waals surface area contributed by atoms with Crippen LogP contribution < -0.4 is 0 Å². The number of thiocarbonyl (C=S) groups is 2. The minimum atomic E-state index is -0.424. The van der Waals surface area contributed by atoms with E-state index in [1.54, 1.807) is 24.3 Å². The Bertz CT molecular complexity index is 951. The molecule has 0 aliphatic carbocycles. The van der Waals surface area contributed by atoms with Crippen molar-refractivity contribution in [3.63, 3.8) is 0 Å². The zero-order valence-corrected chi connectivity index (χ0v) is 16.0. The normalized spacial score (nSPS) is 10.6. The molecule has 3 aromatic rings. The molecule has 3 nitrogen and oxygen atoms in total. The van der Waals surface area contributed by atoms with Gasteiger partial charge in [-0.15, -0.1) is 0 Å². The first-order valence-corrected chi connectivity index (χ1v) is 8.91. The van der Waals surface area contributed by atoms with E-state index >= 15 is 0 Å². The van der Waals surface area contributed by atoms with Crippen molar-refractivity contribution in [2.45, 2.75) is 5.92 Å². The maximum Gasteiger partial charge on any atom is 0.188 e. The van der Waals surface area contributed by atoms with Gasteiger partial charge in [0.05, 0.1) is 12.0 Å². The van der Waals surface area contributed by atoms with Crippen molar-refractivity contribution in [1.82, 2.24) is 0 Å². The average Bonchev–Trinajstić information content (AvgIpc) is 2.71. The number of hydrogen-bond acceptors (Lipinski definition) is 3. The number of nitrogens with zero attached hydrogens (tertiary/aromatic N) is 1. The van der Waals surface area contributed by atoms with E-state index in [0.717, 1.165) is 11.1 Å². The Morgan fingerprint density at radius 3 is 1.74 bits per heavy atom. The van der Waals surface area contributed by atoms with Crippen molar-refractivity contribution < 1.29 is 10.2 Å². The summed E-state index contributed by atoms with van der Waals surface area (Å²) < 4.78 is 0. The molecule has 0 amide bonds. The zero-order valence-electron chi connectivity index (χ0n) is 14.3. The van der Waals surface area contributed by atoms with E-state index in [1.807, 2.05) is 60.7 Å². The molecule has 1 atom stereocenters. The molecular formula is C22H17NO2S2. The molecule has 0 aromatic heterocycles. The lowest BCUT2D eigenvalue weighted by molar-refractivity contribution is 0.569. The monoisotopic (exact) mass is 391 g/mol. The minimum Gasteiger partial charge on any atom is -0.499 e. The zero-order chi connectivity index (χ0) is 19.6. The first kappa shape index (κ1) is 20.2. The van der Waals surface area contributed by atoms with Gasteiger partial charge in [-0.3, -0.25) is 0 Å². The molecule has 0 aliphatic rings. The molecule has 0 spiro atoms. The van der Waals surface area contributed by atoms with Crippen LogP contribution in [0, 0.1) is 11.3 Å². The minimum absolute atomic E-state index is 0.0457. The highest BCUT2D eigenvalue weighted by Crippen LogP contribution is 2.26. The maximum atomic E-state index is 9.52. The Balaban J connectivity index is 0.000000244. The quantitative estimate of drug-likeness (QED) is 0.575. The van der Waals surface area contributed by atoms with Crippen LogP contribution in [0.15, 0.2) is 84.9 Å². The summed E-state index contributed by atoms with van der Waals surface area (Å²) in [6.07, 6.45) is 0. The van der Waals surface area contributed by atoms with Crippen molar-refractivity contribution in [3.8, 4) is 6.07 Å². The van der Waals surface area contributed by atoms with E-state index in [0.29, 0.717) is 11.1 Å². The second kappa shape index (κ2) is 10.2. The van der Waals surface area contributed by atoms with Crippen molar-refractivity contribution >= 4 is 34.5 Å². The summed E-state index contributed by atoms with van der Waals surface area (Å²) in [4.78, 5) is 0. The second-order valence-corrected chi connectivity index (χ2v) is 6.31. The van der Waals surface area contributed by atoms with Gasteiger partial charge in [-0.2, -0.15) is 5.26 Å². The van der Waals surface area contributed by atoms with Gasteiger partial charge in [-0.25, -0.2) is 0 Å². The summed E-state index contributed by atoms with van der Waals surface area (Å²) in [5.74, 6) is -0.424. The van der Waals surface area contributed by atoms with Gasteiger partial charge >= 0.3 is 0 Å². The van der Waals surface area contributed by atoms with Crippen molar-refractivity contribution in [1.29, 1.82) is 5.26 Å². The number of aliphatic hydroxyl groups excluding tert-OH is 2. The lowest BCUT2D eigenvalue weighted by Crippen LogP contribution is -2.06. The molecule has 0 saturated carbocycles. The van der Waals surface area contributed by atoms with Gasteiger partial charge in [0.1, 0.15) is 0 Å². The van der Waals surface area contributed by atoms with Crippen LogP contribution >= 0.6 is 24.4 Å². The first-order chi connectivity index (χ1) is 13.0. The average molecular weight is 392 g/mol. The number of hydrogen-bond donors (Lipinski definition) is 2. The van der Waals surface area contributed by atoms with E-state index < -0.39 is 5.92 Å². The third-order valence-electron chi connectivity index (χ3n) is 3.78. The third kappa shape index (κ3) is 5.71. The molecule has 1 unspecified atom stereocenters. The van der Waals surface area contributed by atoms with E-state index in [4.69, 9.17) is 17.3 Å². The van der Waals surface area contributed by atoms with Crippen molar-refractivity contribution in [2.24, 2.45) is 0 Å². The fraction of sp³-hybridized carbons (Fsp3) is 0.0455. The van der Waals surface area contributed by atoms with E-state index in [9.17, 15) is 10.4 Å². The highest BCUT2D eigenvalue weighted by atomic mass is 32.1. The van der Waals surface area contributed by atoms with Crippen molar-refractivity contribution in [2.75, 3.05) is 0 Å². The summed E-state index contributed by atoms with van der Waals surface area (Å²) in [5, 5.41) is 27.4. The summed E-state index contributed by atoms with van der Waals surface area (Å²) in [6.45, 7) is 0. The number of benzene rings is 3. The summed E-state index contributed by atoms with van der Waals surface area (Å²) in [7, 11) is 0. The van der Waals surface area contributed by atoms with E-state index in [2.05, 4.69) is 18.3 Å². The lowest BCUT2D eigenvalue weighted by Gasteiger charge is -2.13. The van der Waals surface area contributed by atoms with Gasteiger partial charge in [0, 0.05) is 11.1 Å². The predicted molar refractivity (Wildman–Crippen MR) is 115 cm³/mol. The first-order valence-electron chi connectivity index (χ1n) is 8.09. The van der Waals surface area contributed by atoms with Gasteiger partial charge < -0.3 is 10.2 Å². The molecule has 0 heterocycles. The van der Waals surface area contributed by atoms with Crippen LogP contribution in [-0.2, 0) is 0 Å². The molecule has 3 rings (SSSR count). The maximum absolute atomic E-state index is 9.52. The largest absolute Gasteiger partial charge is 0.499 e. The van der Waals surface area contributed by atoms with Gasteiger partial charge in [0.25, 0.3) is 0 Å². The summed E-state index contributed by atoms with van der Waals surface area (Å²) >= 11 is 9.33. The van der Waals surface area contributed by atoms with E-state index in [1.165, 1.54) is 0 Å². The Kier molecular flexibility index (Phi) is 7.63. The molecule has 27 heavy (non-hydrogen) atoms. The fourth-order valence-corrected chi connectivity index (χ4v) is 2.82.